The Morgan fingerprint density at radius 3 is 2.80 bits per heavy atom. The van der Waals surface area contributed by atoms with Crippen molar-refractivity contribution in [2.75, 3.05) is 32.1 Å². The van der Waals surface area contributed by atoms with E-state index in [-0.39, 0.29) is 0 Å². The van der Waals surface area contributed by atoms with Crippen molar-refractivity contribution in [3.63, 3.8) is 0 Å². The standard InChI is InChI=1S/C11H20N2S2/c1-9-4-6-15-11(9)10(8-12)13(2)5-7-14-3/h4,6,10H,5,7-8,12H2,1-3H3. The molecule has 0 spiro atoms. The van der Waals surface area contributed by atoms with Gasteiger partial charge < -0.3 is 5.73 Å². The van der Waals surface area contributed by atoms with Crippen molar-refractivity contribution in [2.45, 2.75) is 13.0 Å². The number of rotatable bonds is 6. The monoisotopic (exact) mass is 244 g/mol. The summed E-state index contributed by atoms with van der Waals surface area (Å²) in [7, 11) is 2.16. The van der Waals surface area contributed by atoms with Gasteiger partial charge in [0.05, 0.1) is 6.04 Å². The molecule has 1 unspecified atom stereocenters. The molecule has 0 aliphatic rings. The number of thiophene rings is 1. The zero-order valence-electron chi connectivity index (χ0n) is 9.69. The summed E-state index contributed by atoms with van der Waals surface area (Å²) in [5, 5.41) is 2.15. The molecule has 1 atom stereocenters. The summed E-state index contributed by atoms with van der Waals surface area (Å²) in [5.74, 6) is 1.16. The van der Waals surface area contributed by atoms with Crippen molar-refractivity contribution in [1.82, 2.24) is 4.90 Å². The van der Waals surface area contributed by atoms with Crippen LogP contribution in [0, 0.1) is 6.92 Å². The second-order valence-corrected chi connectivity index (χ2v) is 5.63. The third kappa shape index (κ3) is 3.48. The van der Waals surface area contributed by atoms with E-state index in [1.165, 1.54) is 10.4 Å². The number of thioether (sulfide) groups is 1. The SMILES string of the molecule is CSCCN(C)C(CN)c1sccc1C. The lowest BCUT2D eigenvalue weighted by Gasteiger charge is -2.26. The molecule has 1 aromatic rings. The van der Waals surface area contributed by atoms with Crippen LogP contribution in [-0.2, 0) is 0 Å². The number of nitrogens with two attached hydrogens (primary N) is 1. The van der Waals surface area contributed by atoms with Crippen LogP contribution in [-0.4, -0.2) is 37.0 Å². The third-order valence-electron chi connectivity index (χ3n) is 2.61. The van der Waals surface area contributed by atoms with Gasteiger partial charge in [0.1, 0.15) is 0 Å². The molecule has 15 heavy (non-hydrogen) atoms. The van der Waals surface area contributed by atoms with Gasteiger partial charge in [0, 0.05) is 23.7 Å². The Balaban J connectivity index is 2.67. The van der Waals surface area contributed by atoms with Crippen LogP contribution in [0.15, 0.2) is 11.4 Å². The predicted octanol–water partition coefficient (Wildman–Crippen LogP) is 2.35. The van der Waals surface area contributed by atoms with Crippen molar-refractivity contribution in [2.24, 2.45) is 5.73 Å². The molecule has 0 aromatic carbocycles. The van der Waals surface area contributed by atoms with Gasteiger partial charge in [-0.3, -0.25) is 4.90 Å². The van der Waals surface area contributed by atoms with Gasteiger partial charge in [0.2, 0.25) is 0 Å². The van der Waals surface area contributed by atoms with E-state index < -0.39 is 0 Å². The first-order chi connectivity index (χ1) is 7.20. The molecule has 1 heterocycles. The average Bonchev–Trinajstić information content (AvgIpc) is 2.63. The van der Waals surface area contributed by atoms with Crippen LogP contribution in [0.25, 0.3) is 0 Å². The summed E-state index contributed by atoms with van der Waals surface area (Å²) < 4.78 is 0. The molecule has 0 bridgehead atoms. The lowest BCUT2D eigenvalue weighted by molar-refractivity contribution is 0.268. The summed E-state index contributed by atoms with van der Waals surface area (Å²) in [4.78, 5) is 3.77. The van der Waals surface area contributed by atoms with Crippen LogP contribution in [0.4, 0.5) is 0 Å². The summed E-state index contributed by atoms with van der Waals surface area (Å²) in [6.07, 6.45) is 2.14. The topological polar surface area (TPSA) is 29.3 Å². The maximum atomic E-state index is 5.86. The van der Waals surface area contributed by atoms with E-state index in [1.807, 2.05) is 23.1 Å². The first kappa shape index (κ1) is 13.0. The largest absolute Gasteiger partial charge is 0.329 e. The molecular formula is C11H20N2S2. The minimum absolute atomic E-state index is 0.386. The fourth-order valence-corrected chi connectivity index (χ4v) is 3.18. The van der Waals surface area contributed by atoms with Crippen molar-refractivity contribution in [3.8, 4) is 0 Å². The minimum atomic E-state index is 0.386. The number of aryl methyl sites for hydroxylation is 1. The Labute approximate surface area is 101 Å². The number of hydrogen-bond acceptors (Lipinski definition) is 4. The summed E-state index contributed by atoms with van der Waals surface area (Å²) in [6.45, 7) is 3.96. The van der Waals surface area contributed by atoms with Gasteiger partial charge in [-0.2, -0.15) is 11.8 Å². The molecule has 0 fully saturated rings. The number of hydrogen-bond donors (Lipinski definition) is 1. The fourth-order valence-electron chi connectivity index (χ4n) is 1.60. The molecule has 0 aliphatic carbocycles. The van der Waals surface area contributed by atoms with E-state index in [0.29, 0.717) is 12.6 Å². The Bertz CT molecular complexity index is 286. The Hall–Kier alpha value is -0.0300. The highest BCUT2D eigenvalue weighted by Crippen LogP contribution is 2.27. The molecular weight excluding hydrogens is 224 g/mol. The summed E-state index contributed by atoms with van der Waals surface area (Å²) in [6, 6.07) is 2.56. The van der Waals surface area contributed by atoms with Gasteiger partial charge in [0.15, 0.2) is 0 Å². The summed E-state index contributed by atoms with van der Waals surface area (Å²) in [5.41, 5.74) is 7.23. The van der Waals surface area contributed by atoms with Crippen molar-refractivity contribution in [1.29, 1.82) is 0 Å². The van der Waals surface area contributed by atoms with Crippen LogP contribution in [0.1, 0.15) is 16.5 Å². The molecule has 2 nitrogen and oxygen atoms in total. The van der Waals surface area contributed by atoms with Gasteiger partial charge in [0.25, 0.3) is 0 Å². The zero-order chi connectivity index (χ0) is 11.3. The molecule has 86 valence electrons. The Morgan fingerprint density at radius 2 is 2.33 bits per heavy atom. The number of likely N-dealkylation sites (N-methyl/N-ethyl adjacent to an activating group) is 1. The Morgan fingerprint density at radius 1 is 1.60 bits per heavy atom. The second kappa shape index (κ2) is 6.53. The molecule has 0 saturated carbocycles. The molecule has 2 N–H and O–H groups in total. The maximum absolute atomic E-state index is 5.86. The molecule has 0 saturated heterocycles. The minimum Gasteiger partial charge on any atom is -0.329 e. The lowest BCUT2D eigenvalue weighted by atomic mass is 10.1. The lowest BCUT2D eigenvalue weighted by Crippen LogP contribution is -2.32. The Kier molecular flexibility index (Phi) is 5.68. The molecule has 0 amide bonds. The highest BCUT2D eigenvalue weighted by molar-refractivity contribution is 7.98. The van der Waals surface area contributed by atoms with E-state index in [1.54, 1.807) is 0 Å². The van der Waals surface area contributed by atoms with Gasteiger partial charge in [-0.05, 0) is 37.2 Å². The highest BCUT2D eigenvalue weighted by Gasteiger charge is 2.17. The van der Waals surface area contributed by atoms with Crippen molar-refractivity contribution >= 4 is 23.1 Å². The van der Waals surface area contributed by atoms with E-state index in [4.69, 9.17) is 5.73 Å². The molecule has 1 rings (SSSR count). The van der Waals surface area contributed by atoms with E-state index in [0.717, 1.165) is 12.3 Å². The molecule has 0 aliphatic heterocycles. The van der Waals surface area contributed by atoms with Crippen molar-refractivity contribution < 1.29 is 0 Å². The maximum Gasteiger partial charge on any atom is 0.0564 e. The first-order valence-electron chi connectivity index (χ1n) is 5.14. The van der Waals surface area contributed by atoms with E-state index in [2.05, 4.69) is 36.6 Å². The van der Waals surface area contributed by atoms with Crippen LogP contribution in [0.5, 0.6) is 0 Å². The quantitative estimate of drug-likeness (QED) is 0.833. The van der Waals surface area contributed by atoms with Crippen LogP contribution >= 0.6 is 23.1 Å². The first-order valence-corrected chi connectivity index (χ1v) is 7.41. The van der Waals surface area contributed by atoms with Gasteiger partial charge in [-0.1, -0.05) is 0 Å². The average molecular weight is 244 g/mol. The van der Waals surface area contributed by atoms with Crippen LogP contribution < -0.4 is 5.73 Å². The summed E-state index contributed by atoms with van der Waals surface area (Å²) >= 11 is 3.70. The molecule has 1 aromatic heterocycles. The van der Waals surface area contributed by atoms with Crippen LogP contribution in [0.3, 0.4) is 0 Å². The van der Waals surface area contributed by atoms with E-state index >= 15 is 0 Å². The zero-order valence-corrected chi connectivity index (χ0v) is 11.3. The highest BCUT2D eigenvalue weighted by atomic mass is 32.2. The van der Waals surface area contributed by atoms with Gasteiger partial charge in [-0.25, -0.2) is 0 Å². The number of nitrogens with zero attached hydrogens (tertiary/aromatic N) is 1. The molecule has 0 radical (unpaired) electrons. The van der Waals surface area contributed by atoms with E-state index in [9.17, 15) is 0 Å². The normalized spacial score (nSPS) is 13.4. The molecule has 4 heteroatoms. The smallest absolute Gasteiger partial charge is 0.0564 e. The van der Waals surface area contributed by atoms with Crippen molar-refractivity contribution in [3.05, 3.63) is 21.9 Å². The predicted molar refractivity (Wildman–Crippen MR) is 71.9 cm³/mol. The van der Waals surface area contributed by atoms with Crippen LogP contribution in [0.2, 0.25) is 0 Å². The van der Waals surface area contributed by atoms with Gasteiger partial charge in [-0.15, -0.1) is 11.3 Å². The fraction of sp³-hybridized carbons (Fsp3) is 0.636. The third-order valence-corrected chi connectivity index (χ3v) is 4.32. The van der Waals surface area contributed by atoms with Gasteiger partial charge >= 0.3 is 0 Å². The second-order valence-electron chi connectivity index (χ2n) is 3.69.